The maximum atomic E-state index is 13.2. The van der Waals surface area contributed by atoms with Crippen molar-refractivity contribution in [2.45, 2.75) is 38.5 Å². The highest BCUT2D eigenvalue weighted by molar-refractivity contribution is 5.87. The van der Waals surface area contributed by atoms with Crippen molar-refractivity contribution in [2.75, 3.05) is 19.9 Å². The molecule has 0 aromatic heterocycles. The molecule has 2 heterocycles. The lowest BCUT2D eigenvalue weighted by molar-refractivity contribution is -0.137. The van der Waals surface area contributed by atoms with Crippen molar-refractivity contribution in [1.29, 1.82) is 0 Å². The van der Waals surface area contributed by atoms with Gasteiger partial charge in [-0.1, -0.05) is 36.4 Å². The highest BCUT2D eigenvalue weighted by atomic mass is 16.7. The van der Waals surface area contributed by atoms with Crippen molar-refractivity contribution in [3.63, 3.8) is 0 Å². The average Bonchev–Trinajstić information content (AvgIpc) is 3.17. The maximum absolute atomic E-state index is 13.2. The molecule has 0 atom stereocenters. The lowest BCUT2D eigenvalue weighted by atomic mass is 9.81. The van der Waals surface area contributed by atoms with Gasteiger partial charge in [0.2, 0.25) is 12.7 Å². The predicted molar refractivity (Wildman–Crippen MR) is 105 cm³/mol. The molecule has 0 aliphatic carbocycles. The minimum Gasteiger partial charge on any atom is -0.454 e. The lowest BCUT2D eigenvalue weighted by Crippen LogP contribution is -2.47. The van der Waals surface area contributed by atoms with Gasteiger partial charge >= 0.3 is 0 Å². The largest absolute Gasteiger partial charge is 0.454 e. The van der Waals surface area contributed by atoms with Gasteiger partial charge in [-0.3, -0.25) is 4.79 Å². The molecule has 4 heteroatoms. The van der Waals surface area contributed by atoms with Crippen LogP contribution >= 0.6 is 0 Å². The second-order valence-corrected chi connectivity index (χ2v) is 8.12. The average molecular weight is 365 g/mol. The number of carbonyl (C=O) groups is 1. The number of likely N-dealkylation sites (tertiary alicyclic amines) is 1. The van der Waals surface area contributed by atoms with E-state index in [2.05, 4.69) is 30.3 Å². The van der Waals surface area contributed by atoms with Crippen LogP contribution in [0.25, 0.3) is 0 Å². The van der Waals surface area contributed by atoms with E-state index in [1.165, 1.54) is 5.56 Å². The molecule has 4 rings (SSSR count). The second-order valence-electron chi connectivity index (χ2n) is 8.12. The van der Waals surface area contributed by atoms with Crippen molar-refractivity contribution in [3.8, 4) is 11.5 Å². The van der Waals surface area contributed by atoms with E-state index < -0.39 is 5.41 Å². The van der Waals surface area contributed by atoms with Crippen LogP contribution in [0.2, 0.25) is 0 Å². The van der Waals surface area contributed by atoms with Gasteiger partial charge in [0.25, 0.3) is 0 Å². The van der Waals surface area contributed by atoms with E-state index in [0.29, 0.717) is 5.92 Å². The van der Waals surface area contributed by atoms with Crippen molar-refractivity contribution < 1.29 is 14.3 Å². The molecule has 1 saturated heterocycles. The van der Waals surface area contributed by atoms with E-state index in [9.17, 15) is 4.79 Å². The summed E-state index contributed by atoms with van der Waals surface area (Å²) >= 11 is 0. The third-order valence-corrected chi connectivity index (χ3v) is 5.90. The zero-order valence-corrected chi connectivity index (χ0v) is 16.1. The number of carbonyl (C=O) groups excluding carboxylic acids is 1. The van der Waals surface area contributed by atoms with E-state index >= 15 is 0 Å². The normalized spacial score (nSPS) is 17.2. The van der Waals surface area contributed by atoms with Gasteiger partial charge in [0.15, 0.2) is 11.5 Å². The molecule has 2 aromatic carbocycles. The van der Waals surface area contributed by atoms with Gasteiger partial charge in [-0.25, -0.2) is 0 Å². The Kier molecular flexibility index (Phi) is 4.81. The van der Waals surface area contributed by atoms with E-state index in [0.717, 1.165) is 49.4 Å². The number of piperidine rings is 1. The van der Waals surface area contributed by atoms with Crippen molar-refractivity contribution >= 4 is 5.91 Å². The quantitative estimate of drug-likeness (QED) is 0.816. The van der Waals surface area contributed by atoms with Crippen molar-refractivity contribution in [2.24, 2.45) is 5.92 Å². The zero-order chi connectivity index (χ0) is 18.9. The van der Waals surface area contributed by atoms with Crippen LogP contribution < -0.4 is 9.47 Å². The number of ether oxygens (including phenoxy) is 2. The molecule has 0 spiro atoms. The molecule has 1 amide bonds. The summed E-state index contributed by atoms with van der Waals surface area (Å²) in [4.78, 5) is 15.3. The SMILES string of the molecule is CC(C)(C(=O)N1CCC(Cc2ccccc2)CC1)c1ccc2c(c1)OCO2. The smallest absolute Gasteiger partial charge is 0.232 e. The Morgan fingerprint density at radius 1 is 1.04 bits per heavy atom. The summed E-state index contributed by atoms with van der Waals surface area (Å²) in [5.41, 5.74) is 1.79. The second kappa shape index (κ2) is 7.26. The number of rotatable bonds is 4. The Bertz CT molecular complexity index is 808. The van der Waals surface area contributed by atoms with Crippen LogP contribution in [-0.4, -0.2) is 30.7 Å². The van der Waals surface area contributed by atoms with Crippen LogP contribution in [-0.2, 0) is 16.6 Å². The molecule has 0 unspecified atom stereocenters. The van der Waals surface area contributed by atoms with Crippen LogP contribution in [0.4, 0.5) is 0 Å². The Hall–Kier alpha value is -2.49. The monoisotopic (exact) mass is 365 g/mol. The van der Waals surface area contributed by atoms with Gasteiger partial charge in [0.05, 0.1) is 5.41 Å². The van der Waals surface area contributed by atoms with Gasteiger partial charge in [0, 0.05) is 13.1 Å². The number of fused-ring (bicyclic) bond motifs is 1. The van der Waals surface area contributed by atoms with Gasteiger partial charge in [-0.05, 0) is 62.3 Å². The maximum Gasteiger partial charge on any atom is 0.232 e. The fourth-order valence-electron chi connectivity index (χ4n) is 4.09. The Morgan fingerprint density at radius 2 is 1.74 bits per heavy atom. The first-order valence-corrected chi connectivity index (χ1v) is 9.77. The number of hydrogen-bond acceptors (Lipinski definition) is 3. The van der Waals surface area contributed by atoms with E-state index in [4.69, 9.17) is 9.47 Å². The molecular formula is C23H27NO3. The lowest BCUT2D eigenvalue weighted by Gasteiger charge is -2.37. The fraction of sp³-hybridized carbons (Fsp3) is 0.435. The number of hydrogen-bond donors (Lipinski definition) is 0. The van der Waals surface area contributed by atoms with Crippen LogP contribution in [0.5, 0.6) is 11.5 Å². The molecule has 0 bridgehead atoms. The summed E-state index contributed by atoms with van der Waals surface area (Å²) in [7, 11) is 0. The zero-order valence-electron chi connectivity index (χ0n) is 16.1. The molecule has 0 N–H and O–H groups in total. The summed E-state index contributed by atoms with van der Waals surface area (Å²) in [6.45, 7) is 5.93. The molecule has 2 aliphatic heterocycles. The minimum atomic E-state index is -0.576. The summed E-state index contributed by atoms with van der Waals surface area (Å²) in [6.07, 6.45) is 3.24. The van der Waals surface area contributed by atoms with Crippen molar-refractivity contribution in [3.05, 3.63) is 59.7 Å². The van der Waals surface area contributed by atoms with E-state index in [1.807, 2.05) is 36.9 Å². The molecule has 0 saturated carbocycles. The van der Waals surface area contributed by atoms with Crippen LogP contribution in [0.3, 0.4) is 0 Å². The summed E-state index contributed by atoms with van der Waals surface area (Å²) in [6, 6.07) is 16.5. The highest BCUT2D eigenvalue weighted by Crippen LogP contribution is 2.37. The van der Waals surface area contributed by atoms with Crippen LogP contribution in [0.15, 0.2) is 48.5 Å². The molecule has 27 heavy (non-hydrogen) atoms. The number of benzene rings is 2. The third kappa shape index (κ3) is 3.66. The highest BCUT2D eigenvalue weighted by Gasteiger charge is 2.36. The van der Waals surface area contributed by atoms with Gasteiger partial charge in [0.1, 0.15) is 0 Å². The molecule has 4 nitrogen and oxygen atoms in total. The van der Waals surface area contributed by atoms with Crippen LogP contribution in [0, 0.1) is 5.92 Å². The fourth-order valence-corrected chi connectivity index (χ4v) is 4.09. The molecular weight excluding hydrogens is 338 g/mol. The topological polar surface area (TPSA) is 38.8 Å². The number of amides is 1. The van der Waals surface area contributed by atoms with Crippen molar-refractivity contribution in [1.82, 2.24) is 4.90 Å². The first-order valence-electron chi connectivity index (χ1n) is 9.77. The van der Waals surface area contributed by atoms with E-state index in [-0.39, 0.29) is 12.7 Å². The Labute approximate surface area is 161 Å². The summed E-state index contributed by atoms with van der Waals surface area (Å²) in [5, 5.41) is 0. The summed E-state index contributed by atoms with van der Waals surface area (Å²) in [5.74, 6) is 2.34. The standard InChI is InChI=1S/C23H27NO3/c1-23(2,19-8-9-20-21(15-19)27-16-26-20)22(25)24-12-10-18(11-13-24)14-17-6-4-3-5-7-17/h3-9,15,18H,10-14,16H2,1-2H3. The molecule has 2 aromatic rings. The predicted octanol–water partition coefficient (Wildman–Crippen LogP) is 4.17. The van der Waals surface area contributed by atoms with Gasteiger partial charge in [-0.2, -0.15) is 0 Å². The van der Waals surface area contributed by atoms with Crippen LogP contribution in [0.1, 0.15) is 37.8 Å². The molecule has 142 valence electrons. The third-order valence-electron chi connectivity index (χ3n) is 5.90. The van der Waals surface area contributed by atoms with E-state index in [1.54, 1.807) is 0 Å². The Morgan fingerprint density at radius 3 is 2.48 bits per heavy atom. The molecule has 1 fully saturated rings. The minimum absolute atomic E-state index is 0.194. The summed E-state index contributed by atoms with van der Waals surface area (Å²) < 4.78 is 10.9. The molecule has 2 aliphatic rings. The van der Waals surface area contributed by atoms with Gasteiger partial charge < -0.3 is 14.4 Å². The first-order chi connectivity index (χ1) is 13.0. The number of nitrogens with zero attached hydrogens (tertiary/aromatic N) is 1. The van der Waals surface area contributed by atoms with Gasteiger partial charge in [-0.15, -0.1) is 0 Å². The Balaban J connectivity index is 1.39. The molecule has 0 radical (unpaired) electrons. The first kappa shape index (κ1) is 17.9.